The lowest BCUT2D eigenvalue weighted by molar-refractivity contribution is -0.167. The normalized spacial score (nSPS) is 11.3. The molecule has 1 amide bonds. The number of thioether (sulfide) groups is 1. The number of hydrogen-bond donors (Lipinski definition) is 2. The Morgan fingerprint density at radius 3 is 2.47 bits per heavy atom. The van der Waals surface area contributed by atoms with Gasteiger partial charge in [0, 0.05) is 0 Å². The number of carboxylic acids is 1. The van der Waals surface area contributed by atoms with E-state index < -0.39 is 28.7 Å². The number of alkyl halides is 3. The van der Waals surface area contributed by atoms with E-state index >= 15 is 0 Å². The number of nitrogens with one attached hydrogen (secondary N) is 1. The molecule has 0 saturated heterocycles. The van der Waals surface area contributed by atoms with Crippen LogP contribution in [0.5, 0.6) is 0 Å². The first-order chi connectivity index (χ1) is 7.75. The molecule has 0 aliphatic carbocycles. The number of nitrogens with zero attached hydrogens (tertiary/aromatic N) is 1. The summed E-state index contributed by atoms with van der Waals surface area (Å²) < 4.78 is 36.2. The highest BCUT2D eigenvalue weighted by molar-refractivity contribution is 8.00. The van der Waals surface area contributed by atoms with E-state index in [9.17, 15) is 22.8 Å². The molecular formula is C7H5F3N2O3S2. The molecule has 0 radical (unpaired) electrons. The van der Waals surface area contributed by atoms with E-state index in [1.165, 1.54) is 5.32 Å². The third-order valence-electron chi connectivity index (χ3n) is 1.47. The van der Waals surface area contributed by atoms with E-state index in [1.807, 2.05) is 0 Å². The molecule has 1 heterocycles. The number of carboxylic acid groups (broad SMARTS) is 1. The van der Waals surface area contributed by atoms with Crippen LogP contribution in [0.15, 0.2) is 4.34 Å². The van der Waals surface area contributed by atoms with E-state index in [4.69, 9.17) is 5.11 Å². The highest BCUT2D eigenvalue weighted by Crippen LogP contribution is 2.30. The topological polar surface area (TPSA) is 79.3 Å². The van der Waals surface area contributed by atoms with Crippen LogP contribution in [-0.4, -0.2) is 34.4 Å². The van der Waals surface area contributed by atoms with Crippen LogP contribution >= 0.6 is 23.1 Å². The first-order valence-electron chi connectivity index (χ1n) is 3.92. The second-order valence-electron chi connectivity index (χ2n) is 2.62. The minimum absolute atomic E-state index is 0.250. The van der Waals surface area contributed by atoms with Gasteiger partial charge in [0.15, 0.2) is 15.0 Å². The van der Waals surface area contributed by atoms with Crippen molar-refractivity contribution in [2.75, 3.05) is 11.6 Å². The zero-order valence-corrected chi connectivity index (χ0v) is 9.79. The maximum atomic E-state index is 12.0. The van der Waals surface area contributed by atoms with Crippen LogP contribution in [0.25, 0.3) is 0 Å². The van der Waals surface area contributed by atoms with E-state index in [1.54, 1.807) is 6.26 Å². The summed E-state index contributed by atoms with van der Waals surface area (Å²) in [7, 11) is 0. The zero-order valence-electron chi connectivity index (χ0n) is 8.16. The summed E-state index contributed by atoms with van der Waals surface area (Å²) in [5.74, 6) is -4.28. The molecule has 1 aromatic heterocycles. The molecule has 10 heteroatoms. The fraction of sp³-hybridized carbons (Fsp3) is 0.286. The van der Waals surface area contributed by atoms with Gasteiger partial charge in [0.05, 0.1) is 0 Å². The maximum Gasteiger partial charge on any atom is 0.471 e. The molecule has 5 nitrogen and oxygen atoms in total. The quantitative estimate of drug-likeness (QED) is 0.831. The maximum absolute atomic E-state index is 12.0. The first-order valence-corrected chi connectivity index (χ1v) is 5.96. The van der Waals surface area contributed by atoms with Gasteiger partial charge in [-0.2, -0.15) is 13.2 Å². The number of halogens is 3. The van der Waals surface area contributed by atoms with Crippen molar-refractivity contribution in [3.8, 4) is 0 Å². The Balaban J connectivity index is 3.01. The average Bonchev–Trinajstić information content (AvgIpc) is 2.59. The van der Waals surface area contributed by atoms with Crippen molar-refractivity contribution in [1.29, 1.82) is 0 Å². The van der Waals surface area contributed by atoms with Crippen molar-refractivity contribution in [1.82, 2.24) is 4.98 Å². The number of thiazole rings is 1. The zero-order chi connectivity index (χ0) is 13.2. The SMILES string of the molecule is CSc1nc(NC(=O)C(F)(F)F)c(C(=O)O)s1. The minimum atomic E-state index is -5.08. The van der Waals surface area contributed by atoms with Gasteiger partial charge in [0.1, 0.15) is 0 Å². The molecule has 0 fully saturated rings. The predicted molar refractivity (Wildman–Crippen MR) is 55.5 cm³/mol. The van der Waals surface area contributed by atoms with Gasteiger partial charge in [0.25, 0.3) is 0 Å². The number of hydrogen-bond acceptors (Lipinski definition) is 5. The summed E-state index contributed by atoms with van der Waals surface area (Å²) in [5.41, 5.74) is 0. The number of rotatable bonds is 3. The van der Waals surface area contributed by atoms with Crippen LogP contribution < -0.4 is 5.32 Å². The molecule has 17 heavy (non-hydrogen) atoms. The average molecular weight is 286 g/mol. The Bertz CT molecular complexity index is 458. The summed E-state index contributed by atoms with van der Waals surface area (Å²) in [5, 5.41) is 10.1. The molecule has 0 unspecified atom stereocenters. The van der Waals surface area contributed by atoms with Crippen molar-refractivity contribution >= 4 is 40.8 Å². The highest BCUT2D eigenvalue weighted by atomic mass is 32.2. The van der Waals surface area contributed by atoms with E-state index in [0.29, 0.717) is 11.3 Å². The molecule has 1 rings (SSSR count). The van der Waals surface area contributed by atoms with Crippen LogP contribution in [0, 0.1) is 0 Å². The number of amides is 1. The number of aromatic nitrogens is 1. The molecule has 0 aliphatic heterocycles. The van der Waals surface area contributed by atoms with Crippen molar-refractivity contribution in [2.45, 2.75) is 10.5 Å². The van der Waals surface area contributed by atoms with Crippen LogP contribution in [0.1, 0.15) is 9.67 Å². The second-order valence-corrected chi connectivity index (χ2v) is 4.67. The Hall–Kier alpha value is -1.29. The molecule has 0 aliphatic rings. The summed E-state index contributed by atoms with van der Waals surface area (Å²) in [4.78, 5) is 24.5. The monoisotopic (exact) mass is 286 g/mol. The Labute approximate surface area is 101 Å². The van der Waals surface area contributed by atoms with Crippen LogP contribution in [0.4, 0.5) is 19.0 Å². The van der Waals surface area contributed by atoms with Crippen molar-refractivity contribution in [3.63, 3.8) is 0 Å². The Kier molecular flexibility index (Phi) is 3.98. The fourth-order valence-electron chi connectivity index (χ4n) is 0.796. The number of carbonyl (C=O) groups is 2. The largest absolute Gasteiger partial charge is 0.477 e. The molecule has 0 atom stereocenters. The summed E-state index contributed by atoms with van der Waals surface area (Å²) in [6, 6.07) is 0. The predicted octanol–water partition coefficient (Wildman–Crippen LogP) is 2.06. The Morgan fingerprint density at radius 1 is 1.47 bits per heavy atom. The third-order valence-corrected chi connectivity index (χ3v) is 3.49. The van der Waals surface area contributed by atoms with Crippen molar-refractivity contribution < 1.29 is 27.9 Å². The second kappa shape index (κ2) is 4.92. The number of aromatic carboxylic acids is 1. The summed E-state index contributed by atoms with van der Waals surface area (Å²) in [6.07, 6.45) is -3.50. The van der Waals surface area contributed by atoms with Crippen LogP contribution in [0.3, 0.4) is 0 Å². The van der Waals surface area contributed by atoms with Crippen molar-refractivity contribution in [2.24, 2.45) is 0 Å². The lowest BCUT2D eigenvalue weighted by atomic mass is 10.4. The van der Waals surface area contributed by atoms with Crippen molar-refractivity contribution in [3.05, 3.63) is 4.88 Å². The van der Waals surface area contributed by atoms with Crippen LogP contribution in [0.2, 0.25) is 0 Å². The number of carbonyl (C=O) groups excluding carboxylic acids is 1. The molecule has 0 saturated carbocycles. The molecule has 0 aromatic carbocycles. The van der Waals surface area contributed by atoms with Gasteiger partial charge in [-0.1, -0.05) is 23.1 Å². The molecule has 0 bridgehead atoms. The molecular weight excluding hydrogens is 281 g/mol. The fourth-order valence-corrected chi connectivity index (χ4v) is 2.15. The van der Waals surface area contributed by atoms with Gasteiger partial charge in [0.2, 0.25) is 0 Å². The molecule has 1 aromatic rings. The van der Waals surface area contributed by atoms with Gasteiger partial charge in [-0.05, 0) is 6.26 Å². The minimum Gasteiger partial charge on any atom is -0.477 e. The van der Waals surface area contributed by atoms with Crippen LogP contribution in [-0.2, 0) is 4.79 Å². The Morgan fingerprint density at radius 2 is 2.06 bits per heavy atom. The molecule has 2 N–H and O–H groups in total. The van der Waals surface area contributed by atoms with Gasteiger partial charge in [-0.15, -0.1) is 0 Å². The van der Waals surface area contributed by atoms with E-state index in [2.05, 4.69) is 4.98 Å². The van der Waals surface area contributed by atoms with Gasteiger partial charge in [-0.3, -0.25) is 4.79 Å². The van der Waals surface area contributed by atoms with Gasteiger partial charge < -0.3 is 10.4 Å². The first kappa shape index (κ1) is 13.8. The van der Waals surface area contributed by atoms with Gasteiger partial charge in [-0.25, -0.2) is 9.78 Å². The summed E-state index contributed by atoms with van der Waals surface area (Å²) in [6.45, 7) is 0. The summed E-state index contributed by atoms with van der Waals surface area (Å²) >= 11 is 1.76. The van der Waals surface area contributed by atoms with E-state index in [0.717, 1.165) is 11.8 Å². The lowest BCUT2D eigenvalue weighted by Crippen LogP contribution is -2.30. The smallest absolute Gasteiger partial charge is 0.471 e. The highest BCUT2D eigenvalue weighted by Gasteiger charge is 2.39. The van der Waals surface area contributed by atoms with Gasteiger partial charge >= 0.3 is 18.1 Å². The molecule has 0 spiro atoms. The third kappa shape index (κ3) is 3.33. The standard InChI is InChI=1S/C7H5F3N2O3S2/c1-16-6-12-3(2(17-6)4(13)14)11-5(15)7(8,9)10/h1H3,(H,11,15)(H,13,14). The number of anilines is 1. The lowest BCUT2D eigenvalue weighted by Gasteiger charge is -2.05. The van der Waals surface area contributed by atoms with E-state index in [-0.39, 0.29) is 4.34 Å². The molecule has 94 valence electrons.